The summed E-state index contributed by atoms with van der Waals surface area (Å²) in [6.45, 7) is 9.46. The van der Waals surface area contributed by atoms with Crippen LogP contribution >= 0.6 is 0 Å². The third-order valence-corrected chi connectivity index (χ3v) is 5.11. The van der Waals surface area contributed by atoms with Gasteiger partial charge in [-0.2, -0.15) is 0 Å². The molecule has 2 aromatic rings. The molecule has 0 spiro atoms. The van der Waals surface area contributed by atoms with E-state index in [0.29, 0.717) is 13.2 Å². The Balaban J connectivity index is 1.68. The molecule has 154 valence electrons. The Kier molecular flexibility index (Phi) is 6.26. The second kappa shape index (κ2) is 8.68. The number of carbonyl (C=O) groups excluding carboxylic acids is 2. The molecule has 0 aromatic heterocycles. The van der Waals surface area contributed by atoms with Gasteiger partial charge >= 0.3 is 0 Å². The summed E-state index contributed by atoms with van der Waals surface area (Å²) < 4.78 is 5.60. The first kappa shape index (κ1) is 20.9. The zero-order valence-electron chi connectivity index (χ0n) is 17.7. The van der Waals surface area contributed by atoms with E-state index >= 15 is 0 Å². The van der Waals surface area contributed by atoms with E-state index in [4.69, 9.17) is 4.74 Å². The van der Waals surface area contributed by atoms with E-state index in [1.807, 2.05) is 48.5 Å². The van der Waals surface area contributed by atoms with Crippen LogP contribution in [0.15, 0.2) is 48.5 Å². The number of benzene rings is 2. The molecule has 1 aliphatic heterocycles. The fraction of sp³-hybridized carbons (Fsp3) is 0.417. The molecule has 2 amide bonds. The average Bonchev–Trinajstić information content (AvgIpc) is 3.08. The number of nitrogens with one attached hydrogen (secondary N) is 1. The lowest BCUT2D eigenvalue weighted by Crippen LogP contribution is -2.28. The lowest BCUT2D eigenvalue weighted by Gasteiger charge is -2.23. The Hall–Kier alpha value is -2.82. The number of rotatable bonds is 6. The maximum Gasteiger partial charge on any atom is 0.229 e. The number of carbonyl (C=O) groups is 2. The number of para-hydroxylation sites is 1. The second-order valence-corrected chi connectivity index (χ2v) is 8.53. The first-order valence-electron chi connectivity index (χ1n) is 10.2. The van der Waals surface area contributed by atoms with Gasteiger partial charge in [-0.3, -0.25) is 9.59 Å². The topological polar surface area (TPSA) is 58.6 Å². The number of anilines is 2. The molecule has 1 saturated heterocycles. The van der Waals surface area contributed by atoms with Crippen molar-refractivity contribution in [2.24, 2.45) is 5.92 Å². The number of nitrogens with zero attached hydrogens (tertiary/aromatic N) is 1. The van der Waals surface area contributed by atoms with Crippen molar-refractivity contribution in [1.82, 2.24) is 0 Å². The minimum atomic E-state index is -0.369. The molecule has 5 nitrogen and oxygen atoms in total. The maximum atomic E-state index is 12.9. The Bertz CT molecular complexity index is 868. The number of ether oxygens (including phenoxy) is 1. The highest BCUT2D eigenvalue weighted by molar-refractivity contribution is 6.03. The standard InChI is InChI=1S/C24H30N2O3/c1-5-14-29-19-12-10-18(11-13-19)26-16-17(15-22(26)27)23(28)25-21-9-7-6-8-20(21)24(2,3)4/h6-13,17H,5,14-16H2,1-4H3,(H,25,28)/t17-/m0/s1. The normalized spacial score (nSPS) is 16.8. The molecule has 1 aliphatic rings. The summed E-state index contributed by atoms with van der Waals surface area (Å²) in [4.78, 5) is 27.1. The lowest BCUT2D eigenvalue weighted by atomic mass is 9.85. The van der Waals surface area contributed by atoms with Crippen LogP contribution in [-0.2, 0) is 15.0 Å². The van der Waals surface area contributed by atoms with E-state index in [-0.39, 0.29) is 29.6 Å². The smallest absolute Gasteiger partial charge is 0.229 e. The first-order chi connectivity index (χ1) is 13.8. The Morgan fingerprint density at radius 2 is 1.83 bits per heavy atom. The molecule has 29 heavy (non-hydrogen) atoms. The van der Waals surface area contributed by atoms with Crippen LogP contribution in [0.4, 0.5) is 11.4 Å². The molecule has 0 unspecified atom stereocenters. The number of hydrogen-bond acceptors (Lipinski definition) is 3. The van der Waals surface area contributed by atoms with Gasteiger partial charge in [0.25, 0.3) is 0 Å². The molecule has 1 N–H and O–H groups in total. The molecular formula is C24H30N2O3. The second-order valence-electron chi connectivity index (χ2n) is 8.53. The van der Waals surface area contributed by atoms with Crippen molar-refractivity contribution in [2.45, 2.75) is 46.0 Å². The van der Waals surface area contributed by atoms with Gasteiger partial charge in [0.1, 0.15) is 5.75 Å². The predicted octanol–water partition coefficient (Wildman–Crippen LogP) is 4.76. The van der Waals surface area contributed by atoms with E-state index in [1.165, 1.54) is 0 Å². The third-order valence-electron chi connectivity index (χ3n) is 5.11. The van der Waals surface area contributed by atoms with Crippen molar-refractivity contribution in [1.29, 1.82) is 0 Å². The highest BCUT2D eigenvalue weighted by atomic mass is 16.5. The highest BCUT2D eigenvalue weighted by Crippen LogP contribution is 2.31. The van der Waals surface area contributed by atoms with Gasteiger partial charge < -0.3 is 15.0 Å². The SMILES string of the molecule is CCCOc1ccc(N2C[C@@H](C(=O)Nc3ccccc3C(C)(C)C)CC2=O)cc1. The summed E-state index contributed by atoms with van der Waals surface area (Å²) in [5.74, 6) is 0.277. The quantitative estimate of drug-likeness (QED) is 0.768. The molecular weight excluding hydrogens is 364 g/mol. The highest BCUT2D eigenvalue weighted by Gasteiger charge is 2.35. The number of amides is 2. The molecule has 1 heterocycles. The van der Waals surface area contributed by atoms with Gasteiger partial charge in [0, 0.05) is 24.3 Å². The molecule has 3 rings (SSSR count). The van der Waals surface area contributed by atoms with Crippen molar-refractivity contribution in [3.8, 4) is 5.75 Å². The van der Waals surface area contributed by atoms with Crippen LogP contribution in [0.5, 0.6) is 5.75 Å². The molecule has 1 fully saturated rings. The van der Waals surface area contributed by atoms with Crippen LogP contribution in [-0.4, -0.2) is 25.0 Å². The van der Waals surface area contributed by atoms with Gasteiger partial charge in [0.2, 0.25) is 11.8 Å². The van der Waals surface area contributed by atoms with Gasteiger partial charge in [0.05, 0.1) is 12.5 Å². The fourth-order valence-corrected chi connectivity index (χ4v) is 3.56. The molecule has 0 radical (unpaired) electrons. The summed E-state index contributed by atoms with van der Waals surface area (Å²) in [6.07, 6.45) is 1.17. The molecule has 1 atom stereocenters. The molecule has 5 heteroatoms. The molecule has 0 saturated carbocycles. The minimum Gasteiger partial charge on any atom is -0.494 e. The first-order valence-corrected chi connectivity index (χ1v) is 10.2. The van der Waals surface area contributed by atoms with Crippen molar-refractivity contribution in [2.75, 3.05) is 23.4 Å². The monoisotopic (exact) mass is 394 g/mol. The fourth-order valence-electron chi connectivity index (χ4n) is 3.56. The van der Waals surface area contributed by atoms with E-state index in [9.17, 15) is 9.59 Å². The third kappa shape index (κ3) is 4.97. The van der Waals surface area contributed by atoms with Crippen molar-refractivity contribution < 1.29 is 14.3 Å². The van der Waals surface area contributed by atoms with E-state index < -0.39 is 0 Å². The molecule has 2 aromatic carbocycles. The van der Waals surface area contributed by atoms with Gasteiger partial charge in [-0.05, 0) is 47.7 Å². The molecule has 0 aliphatic carbocycles. The largest absolute Gasteiger partial charge is 0.494 e. The van der Waals surface area contributed by atoms with Gasteiger partial charge in [0.15, 0.2) is 0 Å². The van der Waals surface area contributed by atoms with Gasteiger partial charge in [-0.15, -0.1) is 0 Å². The summed E-state index contributed by atoms with van der Waals surface area (Å²) >= 11 is 0. The van der Waals surface area contributed by atoms with E-state index in [1.54, 1.807) is 4.90 Å². The summed E-state index contributed by atoms with van der Waals surface area (Å²) in [5, 5.41) is 3.05. The van der Waals surface area contributed by atoms with Crippen LogP contribution in [0, 0.1) is 5.92 Å². The maximum absolute atomic E-state index is 12.9. The summed E-state index contributed by atoms with van der Waals surface area (Å²) in [5.41, 5.74) is 2.61. The van der Waals surface area contributed by atoms with Gasteiger partial charge in [-0.25, -0.2) is 0 Å². The predicted molar refractivity (Wildman–Crippen MR) is 116 cm³/mol. The average molecular weight is 395 g/mol. The Morgan fingerprint density at radius 1 is 1.14 bits per heavy atom. The summed E-state index contributed by atoms with van der Waals surface area (Å²) in [6, 6.07) is 15.3. The Labute approximate surface area is 173 Å². The van der Waals surface area contributed by atoms with Crippen molar-refractivity contribution >= 4 is 23.2 Å². The van der Waals surface area contributed by atoms with Crippen LogP contribution in [0.3, 0.4) is 0 Å². The zero-order chi connectivity index (χ0) is 21.0. The Morgan fingerprint density at radius 3 is 2.48 bits per heavy atom. The van der Waals surface area contributed by atoms with Crippen molar-refractivity contribution in [3.63, 3.8) is 0 Å². The summed E-state index contributed by atoms with van der Waals surface area (Å²) in [7, 11) is 0. The van der Waals surface area contributed by atoms with Crippen LogP contribution in [0.2, 0.25) is 0 Å². The van der Waals surface area contributed by atoms with Crippen molar-refractivity contribution in [3.05, 3.63) is 54.1 Å². The van der Waals surface area contributed by atoms with E-state index in [0.717, 1.165) is 29.1 Å². The van der Waals surface area contributed by atoms with Gasteiger partial charge in [-0.1, -0.05) is 45.9 Å². The zero-order valence-corrected chi connectivity index (χ0v) is 17.7. The van der Waals surface area contributed by atoms with E-state index in [2.05, 4.69) is 33.0 Å². The number of hydrogen-bond donors (Lipinski definition) is 1. The van der Waals surface area contributed by atoms with Crippen LogP contribution in [0.1, 0.15) is 46.1 Å². The molecule has 0 bridgehead atoms. The van der Waals surface area contributed by atoms with Crippen LogP contribution < -0.4 is 15.0 Å². The lowest BCUT2D eigenvalue weighted by molar-refractivity contribution is -0.122. The minimum absolute atomic E-state index is 0.0310. The van der Waals surface area contributed by atoms with Crippen LogP contribution in [0.25, 0.3) is 0 Å².